The molecular weight excluding hydrogens is 382 g/mol. The second kappa shape index (κ2) is 10.4. The molecule has 2 atom stereocenters. The maximum Gasteiger partial charge on any atom is 0.408 e. The molecule has 29 heavy (non-hydrogen) atoms. The van der Waals surface area contributed by atoms with Crippen LogP contribution in [0.15, 0.2) is 11.6 Å². The van der Waals surface area contributed by atoms with E-state index in [0.29, 0.717) is 12.5 Å². The van der Waals surface area contributed by atoms with E-state index in [-0.39, 0.29) is 17.7 Å². The van der Waals surface area contributed by atoms with Gasteiger partial charge in [-0.1, -0.05) is 11.6 Å². The van der Waals surface area contributed by atoms with Crippen LogP contribution in [0.3, 0.4) is 0 Å². The summed E-state index contributed by atoms with van der Waals surface area (Å²) in [5.41, 5.74) is 0.643. The number of hydrogen-bond acceptors (Lipinski definition) is 4. The zero-order valence-electron chi connectivity index (χ0n) is 20.5. The fourth-order valence-electron chi connectivity index (χ4n) is 3.86. The molecule has 0 unspecified atom stereocenters. The lowest BCUT2D eigenvalue weighted by Gasteiger charge is -2.30. The van der Waals surface area contributed by atoms with Gasteiger partial charge in [0.15, 0.2) is 8.32 Å². The highest BCUT2D eigenvalue weighted by atomic mass is 28.4. The molecule has 170 valence electrons. The van der Waals surface area contributed by atoms with E-state index in [1.54, 1.807) is 0 Å². The topological polar surface area (TPSA) is 56.8 Å². The van der Waals surface area contributed by atoms with Crippen molar-refractivity contribution in [1.29, 1.82) is 0 Å². The highest BCUT2D eigenvalue weighted by molar-refractivity contribution is 6.71. The number of rotatable bonds is 8. The molecule has 0 aromatic heterocycles. The average molecular weight is 428 g/mol. The van der Waals surface area contributed by atoms with E-state index < -0.39 is 20.0 Å². The molecule has 0 aliphatic heterocycles. The molecule has 1 fully saturated rings. The van der Waals surface area contributed by atoms with E-state index in [9.17, 15) is 4.79 Å². The first-order valence-corrected chi connectivity index (χ1v) is 14.2. The van der Waals surface area contributed by atoms with Crippen LogP contribution < -0.4 is 5.32 Å². The van der Waals surface area contributed by atoms with Gasteiger partial charge in [0, 0.05) is 6.10 Å². The van der Waals surface area contributed by atoms with Crippen LogP contribution in [0, 0.1) is 5.92 Å². The largest absolute Gasteiger partial charge is 0.444 e. The lowest BCUT2D eigenvalue weighted by molar-refractivity contribution is -0.0116. The zero-order valence-corrected chi connectivity index (χ0v) is 21.5. The summed E-state index contributed by atoms with van der Waals surface area (Å²) in [4.78, 5) is 12.4. The molecular formula is C23H45NO4Si. The lowest BCUT2D eigenvalue weighted by Crippen LogP contribution is -2.42. The number of carbonyl (C=O) groups excluding carboxylic acids is 1. The fraction of sp³-hybridized carbons (Fsp3) is 0.870. The van der Waals surface area contributed by atoms with Crippen LogP contribution in [0.5, 0.6) is 0 Å². The van der Waals surface area contributed by atoms with Crippen molar-refractivity contribution >= 4 is 14.4 Å². The molecule has 0 saturated heterocycles. The Balaban J connectivity index is 2.91. The summed E-state index contributed by atoms with van der Waals surface area (Å²) in [6.07, 6.45) is 5.56. The normalized spacial score (nSPS) is 20.9. The van der Waals surface area contributed by atoms with E-state index in [1.165, 1.54) is 18.4 Å². The first-order valence-electron chi connectivity index (χ1n) is 11.1. The molecule has 0 aromatic rings. The van der Waals surface area contributed by atoms with Gasteiger partial charge in [-0.15, -0.1) is 0 Å². The summed E-state index contributed by atoms with van der Waals surface area (Å²) < 4.78 is 17.7. The van der Waals surface area contributed by atoms with Gasteiger partial charge in [0.1, 0.15) is 5.60 Å². The predicted octanol–water partition coefficient (Wildman–Crippen LogP) is 6.05. The number of ether oxygens (including phenoxy) is 2. The molecule has 1 saturated carbocycles. The third kappa shape index (κ3) is 11.8. The number of nitrogens with one attached hydrogen (secondary N) is 1. The van der Waals surface area contributed by atoms with E-state index in [0.717, 1.165) is 12.5 Å². The van der Waals surface area contributed by atoms with E-state index >= 15 is 0 Å². The average Bonchev–Trinajstić information content (AvgIpc) is 2.86. The van der Waals surface area contributed by atoms with Gasteiger partial charge in [0.25, 0.3) is 0 Å². The van der Waals surface area contributed by atoms with Crippen molar-refractivity contribution in [2.45, 2.75) is 117 Å². The first kappa shape index (κ1) is 26.2. The number of amides is 1. The third-order valence-electron chi connectivity index (χ3n) is 4.65. The highest BCUT2D eigenvalue weighted by Crippen LogP contribution is 2.38. The van der Waals surface area contributed by atoms with Crippen molar-refractivity contribution in [1.82, 2.24) is 5.32 Å². The molecule has 5 nitrogen and oxygen atoms in total. The summed E-state index contributed by atoms with van der Waals surface area (Å²) in [6, 6.07) is 0.923. The molecule has 1 N–H and O–H groups in total. The van der Waals surface area contributed by atoms with Crippen molar-refractivity contribution in [3.05, 3.63) is 11.6 Å². The minimum absolute atomic E-state index is 0.199. The Kier molecular flexibility index (Phi) is 9.43. The van der Waals surface area contributed by atoms with Crippen molar-refractivity contribution in [3.8, 4) is 0 Å². The third-order valence-corrected chi connectivity index (χ3v) is 7.23. The SMILES string of the molecule is CC(C)O[Si](C)(C)C[C@H]1CCC/C1=C\[C@H](COC(C)(C)C)NC(=O)OC(C)(C)C. The van der Waals surface area contributed by atoms with Gasteiger partial charge in [-0.2, -0.15) is 0 Å². The van der Waals surface area contributed by atoms with Gasteiger partial charge in [-0.05, 0) is 99.7 Å². The smallest absolute Gasteiger partial charge is 0.408 e. The summed E-state index contributed by atoms with van der Waals surface area (Å²) >= 11 is 0. The van der Waals surface area contributed by atoms with Crippen molar-refractivity contribution in [3.63, 3.8) is 0 Å². The minimum atomic E-state index is -1.72. The van der Waals surface area contributed by atoms with Crippen LogP contribution in [-0.4, -0.2) is 44.4 Å². The molecule has 1 aliphatic carbocycles. The van der Waals surface area contributed by atoms with Crippen LogP contribution >= 0.6 is 0 Å². The number of hydrogen-bond donors (Lipinski definition) is 1. The molecule has 0 bridgehead atoms. The number of carbonyl (C=O) groups is 1. The van der Waals surface area contributed by atoms with Gasteiger partial charge in [-0.3, -0.25) is 0 Å². The summed E-state index contributed by atoms with van der Waals surface area (Å²) in [7, 11) is -1.72. The quantitative estimate of drug-likeness (QED) is 0.378. The fourth-order valence-corrected chi connectivity index (χ4v) is 6.89. The van der Waals surface area contributed by atoms with Gasteiger partial charge in [-0.25, -0.2) is 4.79 Å². The number of alkyl carbamates (subject to hydrolysis) is 1. The second-order valence-electron chi connectivity index (χ2n) is 11.1. The maximum atomic E-state index is 12.4. The maximum absolute atomic E-state index is 12.4. The van der Waals surface area contributed by atoms with Crippen LogP contribution in [0.2, 0.25) is 19.1 Å². The van der Waals surface area contributed by atoms with Gasteiger partial charge in [0.2, 0.25) is 0 Å². The molecule has 0 spiro atoms. The van der Waals surface area contributed by atoms with Gasteiger partial charge < -0.3 is 19.2 Å². The Morgan fingerprint density at radius 3 is 2.31 bits per heavy atom. The summed E-state index contributed by atoms with van der Waals surface area (Å²) in [5, 5.41) is 3.01. The molecule has 1 aliphatic rings. The summed E-state index contributed by atoms with van der Waals surface area (Å²) in [6.45, 7) is 21.0. The standard InChI is InChI=1S/C23H45NO4Si/c1-17(2)28-29(9,10)16-19-13-11-12-18(19)14-20(15-26-22(3,4)5)24-21(25)27-23(6,7)8/h14,17,19-20H,11-13,15-16H2,1-10H3,(H,24,25)/b18-14+/t19-,20-/m1/s1. The Labute approximate surface area is 180 Å². The molecule has 0 heterocycles. The van der Waals surface area contributed by atoms with Crippen molar-refractivity contribution in [2.75, 3.05) is 6.61 Å². The van der Waals surface area contributed by atoms with Crippen LogP contribution in [0.4, 0.5) is 4.79 Å². The van der Waals surface area contributed by atoms with Crippen LogP contribution in [0.1, 0.15) is 74.7 Å². The molecule has 6 heteroatoms. The second-order valence-corrected chi connectivity index (χ2v) is 15.3. The Hall–Kier alpha value is -0.853. The van der Waals surface area contributed by atoms with E-state index in [2.05, 4.69) is 38.3 Å². The Morgan fingerprint density at radius 2 is 1.79 bits per heavy atom. The van der Waals surface area contributed by atoms with Gasteiger partial charge in [0.05, 0.1) is 18.2 Å². The predicted molar refractivity (Wildman–Crippen MR) is 123 cm³/mol. The summed E-state index contributed by atoms with van der Waals surface area (Å²) in [5.74, 6) is 0.535. The van der Waals surface area contributed by atoms with Crippen LogP contribution in [0.25, 0.3) is 0 Å². The van der Waals surface area contributed by atoms with E-state index in [4.69, 9.17) is 13.9 Å². The molecule has 1 amide bonds. The molecule has 0 aromatic carbocycles. The van der Waals surface area contributed by atoms with Crippen LogP contribution in [-0.2, 0) is 13.9 Å². The Morgan fingerprint density at radius 1 is 1.17 bits per heavy atom. The van der Waals surface area contributed by atoms with Crippen molar-refractivity contribution < 1.29 is 18.7 Å². The Bertz CT molecular complexity index is 558. The van der Waals surface area contributed by atoms with E-state index in [1.807, 2.05) is 41.5 Å². The minimum Gasteiger partial charge on any atom is -0.444 e. The first-order chi connectivity index (χ1) is 13.1. The lowest BCUT2D eigenvalue weighted by atomic mass is 10.0. The monoisotopic (exact) mass is 427 g/mol. The number of allylic oxidation sites excluding steroid dienone is 1. The van der Waals surface area contributed by atoms with Crippen molar-refractivity contribution in [2.24, 2.45) is 5.92 Å². The van der Waals surface area contributed by atoms with Gasteiger partial charge >= 0.3 is 6.09 Å². The zero-order chi connectivity index (χ0) is 22.5. The highest BCUT2D eigenvalue weighted by Gasteiger charge is 2.33. The molecule has 1 rings (SSSR count). The molecule has 0 radical (unpaired) electrons.